The van der Waals surface area contributed by atoms with Gasteiger partial charge in [0, 0.05) is 12.7 Å². The minimum atomic E-state index is 0.422. The first-order valence-corrected chi connectivity index (χ1v) is 6.69. The molecular formula is C14H18N4O. The summed E-state index contributed by atoms with van der Waals surface area (Å²) in [4.78, 5) is 0. The van der Waals surface area contributed by atoms with Crippen LogP contribution in [0.2, 0.25) is 0 Å². The molecule has 100 valence electrons. The highest BCUT2D eigenvalue weighted by molar-refractivity contribution is 5.38. The average molecular weight is 258 g/mol. The lowest BCUT2D eigenvalue weighted by molar-refractivity contribution is 0.289. The third-order valence-electron chi connectivity index (χ3n) is 3.45. The van der Waals surface area contributed by atoms with Gasteiger partial charge in [-0.3, -0.25) is 0 Å². The summed E-state index contributed by atoms with van der Waals surface area (Å²) in [6.45, 7) is 1.70. The Hall–Kier alpha value is -1.88. The Morgan fingerprint density at radius 1 is 1.26 bits per heavy atom. The number of ether oxygens (including phenoxy) is 1. The molecule has 0 unspecified atom stereocenters. The van der Waals surface area contributed by atoms with Crippen molar-refractivity contribution in [3.63, 3.8) is 0 Å². The van der Waals surface area contributed by atoms with Gasteiger partial charge in [-0.25, -0.2) is 4.68 Å². The van der Waals surface area contributed by atoms with Crippen molar-refractivity contribution in [2.24, 2.45) is 5.73 Å². The van der Waals surface area contributed by atoms with E-state index in [9.17, 15) is 0 Å². The Balaban J connectivity index is 1.54. The van der Waals surface area contributed by atoms with Crippen molar-refractivity contribution >= 4 is 0 Å². The Kier molecular flexibility index (Phi) is 3.46. The summed E-state index contributed by atoms with van der Waals surface area (Å²) >= 11 is 0. The maximum atomic E-state index is 5.76. The summed E-state index contributed by atoms with van der Waals surface area (Å²) in [5.74, 6) is 0.944. The highest BCUT2D eigenvalue weighted by Crippen LogP contribution is 2.25. The fraction of sp³-hybridized carbons (Fsp3) is 0.429. The molecule has 5 heteroatoms. The fourth-order valence-electron chi connectivity index (χ4n) is 2.44. The molecule has 3 rings (SSSR count). The highest BCUT2D eigenvalue weighted by atomic mass is 16.5. The summed E-state index contributed by atoms with van der Waals surface area (Å²) < 4.78 is 7.52. The van der Waals surface area contributed by atoms with Crippen LogP contribution >= 0.6 is 0 Å². The van der Waals surface area contributed by atoms with Crippen LogP contribution in [-0.2, 0) is 25.9 Å². The third-order valence-corrected chi connectivity index (χ3v) is 3.45. The molecule has 19 heavy (non-hydrogen) atoms. The molecule has 5 nitrogen and oxygen atoms in total. The fourth-order valence-corrected chi connectivity index (χ4v) is 2.44. The van der Waals surface area contributed by atoms with E-state index < -0.39 is 0 Å². The van der Waals surface area contributed by atoms with Gasteiger partial charge in [-0.1, -0.05) is 11.3 Å². The molecule has 0 radical (unpaired) electrons. The van der Waals surface area contributed by atoms with Gasteiger partial charge < -0.3 is 10.5 Å². The van der Waals surface area contributed by atoms with Crippen molar-refractivity contribution in [3.8, 4) is 5.75 Å². The van der Waals surface area contributed by atoms with E-state index in [1.54, 1.807) is 4.68 Å². The van der Waals surface area contributed by atoms with Crippen molar-refractivity contribution in [1.82, 2.24) is 15.0 Å². The lowest BCUT2D eigenvalue weighted by atomic mass is 10.1. The summed E-state index contributed by atoms with van der Waals surface area (Å²) in [6, 6.07) is 6.39. The van der Waals surface area contributed by atoms with Crippen LogP contribution in [-0.4, -0.2) is 21.6 Å². The van der Waals surface area contributed by atoms with E-state index in [0.717, 1.165) is 11.4 Å². The van der Waals surface area contributed by atoms with Crippen molar-refractivity contribution in [1.29, 1.82) is 0 Å². The van der Waals surface area contributed by atoms with E-state index in [-0.39, 0.29) is 0 Å². The maximum Gasteiger partial charge on any atom is 0.119 e. The minimum absolute atomic E-state index is 0.422. The molecule has 2 aromatic rings. The van der Waals surface area contributed by atoms with Crippen molar-refractivity contribution in [3.05, 3.63) is 41.2 Å². The second kappa shape index (κ2) is 5.40. The van der Waals surface area contributed by atoms with Gasteiger partial charge in [0.05, 0.1) is 12.2 Å². The van der Waals surface area contributed by atoms with Gasteiger partial charge in [-0.2, -0.15) is 0 Å². The predicted molar refractivity (Wildman–Crippen MR) is 71.9 cm³/mol. The first-order chi connectivity index (χ1) is 9.35. The summed E-state index contributed by atoms with van der Waals surface area (Å²) in [5.41, 5.74) is 9.19. The summed E-state index contributed by atoms with van der Waals surface area (Å²) in [6.07, 6.45) is 5.50. The van der Waals surface area contributed by atoms with Gasteiger partial charge in [-0.15, -0.1) is 5.10 Å². The predicted octanol–water partition coefficient (Wildman–Crippen LogP) is 1.30. The van der Waals surface area contributed by atoms with Gasteiger partial charge in [-0.05, 0) is 42.5 Å². The normalized spacial score (nSPS) is 13.5. The number of hydrogen-bond acceptors (Lipinski definition) is 4. The van der Waals surface area contributed by atoms with E-state index in [1.807, 2.05) is 6.20 Å². The second-order valence-corrected chi connectivity index (χ2v) is 4.81. The number of fused-ring (bicyclic) bond motifs is 1. The zero-order chi connectivity index (χ0) is 13.1. The second-order valence-electron chi connectivity index (χ2n) is 4.81. The van der Waals surface area contributed by atoms with E-state index in [4.69, 9.17) is 10.5 Å². The number of nitrogens with zero attached hydrogens (tertiary/aromatic N) is 3. The summed E-state index contributed by atoms with van der Waals surface area (Å²) in [5, 5.41) is 7.92. The first-order valence-electron chi connectivity index (χ1n) is 6.69. The van der Waals surface area contributed by atoms with Gasteiger partial charge >= 0.3 is 0 Å². The Morgan fingerprint density at radius 3 is 3.00 bits per heavy atom. The monoisotopic (exact) mass is 258 g/mol. The van der Waals surface area contributed by atoms with Gasteiger partial charge in [0.15, 0.2) is 0 Å². The molecule has 1 heterocycles. The lowest BCUT2D eigenvalue weighted by Crippen LogP contribution is -2.09. The molecule has 1 aromatic heterocycles. The third kappa shape index (κ3) is 2.76. The Bertz CT molecular complexity index is 564. The standard InChI is InChI=1S/C14H18N4O/c15-9-13-10-18(17-16-13)6-7-19-14-5-4-11-2-1-3-12(11)8-14/h4-5,8,10H,1-3,6-7,9,15H2. The number of aromatic nitrogens is 3. The van der Waals surface area contributed by atoms with Crippen molar-refractivity contribution in [2.75, 3.05) is 6.61 Å². The maximum absolute atomic E-state index is 5.76. The van der Waals surface area contributed by atoms with Crippen molar-refractivity contribution in [2.45, 2.75) is 32.4 Å². The molecule has 1 aliphatic carbocycles. The van der Waals surface area contributed by atoms with E-state index >= 15 is 0 Å². The molecule has 0 spiro atoms. The topological polar surface area (TPSA) is 66.0 Å². The molecule has 0 fully saturated rings. The SMILES string of the molecule is NCc1cn(CCOc2ccc3c(c2)CCC3)nn1. The molecule has 2 N–H and O–H groups in total. The van der Waals surface area contributed by atoms with Crippen LogP contribution in [0.15, 0.2) is 24.4 Å². The molecule has 0 bridgehead atoms. The van der Waals surface area contributed by atoms with Crippen LogP contribution in [0.5, 0.6) is 5.75 Å². The molecule has 1 aliphatic rings. The Labute approximate surface area is 112 Å². The number of aryl methyl sites for hydroxylation is 2. The minimum Gasteiger partial charge on any atom is -0.492 e. The van der Waals surface area contributed by atoms with Crippen LogP contribution in [0.3, 0.4) is 0 Å². The number of rotatable bonds is 5. The van der Waals surface area contributed by atoms with E-state index in [0.29, 0.717) is 19.7 Å². The molecule has 0 saturated heterocycles. The highest BCUT2D eigenvalue weighted by Gasteiger charge is 2.11. The molecule has 1 aromatic carbocycles. The number of nitrogens with two attached hydrogens (primary N) is 1. The van der Waals surface area contributed by atoms with Crippen LogP contribution in [0.4, 0.5) is 0 Å². The average Bonchev–Trinajstić information content (AvgIpc) is 3.06. The molecular weight excluding hydrogens is 240 g/mol. The first kappa shape index (κ1) is 12.2. The largest absolute Gasteiger partial charge is 0.492 e. The zero-order valence-electron chi connectivity index (χ0n) is 10.9. The van der Waals surface area contributed by atoms with Crippen LogP contribution in [0.1, 0.15) is 23.2 Å². The van der Waals surface area contributed by atoms with Gasteiger partial charge in [0.1, 0.15) is 12.4 Å². The molecule has 0 aliphatic heterocycles. The number of hydrogen-bond donors (Lipinski definition) is 1. The summed E-state index contributed by atoms with van der Waals surface area (Å²) in [7, 11) is 0. The molecule has 0 saturated carbocycles. The van der Waals surface area contributed by atoms with Crippen LogP contribution < -0.4 is 10.5 Å². The zero-order valence-corrected chi connectivity index (χ0v) is 10.9. The lowest BCUT2D eigenvalue weighted by Gasteiger charge is -2.07. The quantitative estimate of drug-likeness (QED) is 0.878. The van der Waals surface area contributed by atoms with E-state index in [2.05, 4.69) is 28.5 Å². The Morgan fingerprint density at radius 2 is 2.16 bits per heavy atom. The number of benzene rings is 1. The van der Waals surface area contributed by atoms with Crippen molar-refractivity contribution < 1.29 is 4.74 Å². The van der Waals surface area contributed by atoms with E-state index in [1.165, 1.54) is 30.4 Å². The van der Waals surface area contributed by atoms with Gasteiger partial charge in [0.25, 0.3) is 0 Å². The van der Waals surface area contributed by atoms with Gasteiger partial charge in [0.2, 0.25) is 0 Å². The molecule has 0 atom stereocenters. The molecule has 0 amide bonds. The van der Waals surface area contributed by atoms with Crippen LogP contribution in [0.25, 0.3) is 0 Å². The smallest absolute Gasteiger partial charge is 0.119 e. The van der Waals surface area contributed by atoms with Crippen LogP contribution in [0, 0.1) is 0 Å².